The van der Waals surface area contributed by atoms with Gasteiger partial charge >= 0.3 is 5.97 Å². The molecule has 10 heteroatoms. The number of ether oxygens (including phenoxy) is 2. The predicted octanol–water partition coefficient (Wildman–Crippen LogP) is 2.60. The van der Waals surface area contributed by atoms with E-state index >= 15 is 0 Å². The average molecular weight is 497 g/mol. The molecule has 0 unspecified atom stereocenters. The molecule has 1 amide bonds. The first-order valence-corrected chi connectivity index (χ1v) is 10.2. The van der Waals surface area contributed by atoms with Gasteiger partial charge in [0.15, 0.2) is 0 Å². The summed E-state index contributed by atoms with van der Waals surface area (Å²) in [4.78, 5) is 25.6. The van der Waals surface area contributed by atoms with Gasteiger partial charge in [-0.05, 0) is 41.7 Å². The van der Waals surface area contributed by atoms with E-state index < -0.39 is 0 Å². The van der Waals surface area contributed by atoms with Gasteiger partial charge in [0, 0.05) is 12.1 Å². The quantitative estimate of drug-likeness (QED) is 0.292. The number of hydrogen-bond donors (Lipinski definition) is 3. The molecule has 1 aliphatic rings. The topological polar surface area (TPSA) is 132 Å². The Bertz CT molecular complexity index is 959. The Morgan fingerprint density at radius 2 is 1.85 bits per heavy atom. The summed E-state index contributed by atoms with van der Waals surface area (Å²) in [7, 11) is 1.35. The molecule has 5 N–H and O–H groups in total. The molecule has 2 atom stereocenters. The van der Waals surface area contributed by atoms with E-state index in [1.807, 2.05) is 42.5 Å². The molecule has 0 saturated carbocycles. The average Bonchev–Trinajstić information content (AvgIpc) is 3.19. The zero-order chi connectivity index (χ0) is 22.4. The minimum atomic E-state index is -0.297. The maximum atomic E-state index is 12.3. The van der Waals surface area contributed by atoms with Crippen LogP contribution in [0.25, 0.3) is 11.1 Å². The summed E-state index contributed by atoms with van der Waals surface area (Å²) in [5.74, 6) is 0.0358. The van der Waals surface area contributed by atoms with Gasteiger partial charge in [0.2, 0.25) is 5.91 Å². The molecule has 33 heavy (non-hydrogen) atoms. The molecule has 0 aliphatic carbocycles. The Hall–Kier alpha value is -2.81. The Morgan fingerprint density at radius 3 is 2.45 bits per heavy atom. The molecule has 1 heterocycles. The van der Waals surface area contributed by atoms with Crippen molar-refractivity contribution in [1.29, 1.82) is 5.41 Å². The lowest BCUT2D eigenvalue weighted by Gasteiger charge is -2.24. The number of carbonyl (C=O) groups is 2. The largest absolute Gasteiger partial charge is 0.491 e. The van der Waals surface area contributed by atoms with Crippen LogP contribution in [0.1, 0.15) is 18.4 Å². The van der Waals surface area contributed by atoms with Gasteiger partial charge in [0.05, 0.1) is 26.1 Å². The lowest BCUT2D eigenvalue weighted by atomic mass is 9.99. The summed E-state index contributed by atoms with van der Waals surface area (Å²) in [5.41, 5.74) is 13.8. The molecule has 0 spiro atoms. The molecule has 0 bridgehead atoms. The van der Waals surface area contributed by atoms with Gasteiger partial charge in [-0.25, -0.2) is 0 Å². The number of likely N-dealkylation sites (tertiary alicyclic amines) is 1. The summed E-state index contributed by atoms with van der Waals surface area (Å²) in [6.07, 6.45) is 0.879. The van der Waals surface area contributed by atoms with Gasteiger partial charge in [-0.2, -0.15) is 0 Å². The van der Waals surface area contributed by atoms with E-state index in [-0.39, 0.29) is 74.1 Å². The van der Waals surface area contributed by atoms with Crippen molar-refractivity contribution in [2.45, 2.75) is 18.9 Å². The highest BCUT2D eigenvalue weighted by Gasteiger charge is 2.36. The molecule has 1 aliphatic heterocycles. The monoisotopic (exact) mass is 496 g/mol. The van der Waals surface area contributed by atoms with Crippen LogP contribution < -0.4 is 16.2 Å². The van der Waals surface area contributed by atoms with Crippen LogP contribution in [0.2, 0.25) is 0 Å². The first kappa shape index (κ1) is 28.2. The van der Waals surface area contributed by atoms with Crippen molar-refractivity contribution in [3.05, 3.63) is 54.1 Å². The summed E-state index contributed by atoms with van der Waals surface area (Å²) in [5, 5.41) is 7.96. The van der Waals surface area contributed by atoms with Crippen molar-refractivity contribution in [3.63, 3.8) is 0 Å². The van der Waals surface area contributed by atoms with Gasteiger partial charge in [0.25, 0.3) is 0 Å². The van der Waals surface area contributed by atoms with Gasteiger partial charge in [-0.1, -0.05) is 30.3 Å². The second-order valence-electron chi connectivity index (χ2n) is 7.58. The summed E-state index contributed by atoms with van der Waals surface area (Å²) < 4.78 is 10.7. The van der Waals surface area contributed by atoms with Crippen molar-refractivity contribution in [2.24, 2.45) is 17.4 Å². The van der Waals surface area contributed by atoms with E-state index in [1.54, 1.807) is 11.0 Å². The van der Waals surface area contributed by atoms with Crippen molar-refractivity contribution < 1.29 is 19.1 Å². The maximum absolute atomic E-state index is 12.3. The normalized spacial score (nSPS) is 16.8. The summed E-state index contributed by atoms with van der Waals surface area (Å²) in [6.45, 7) is 0.609. The Balaban J connectivity index is 0.00000272. The Morgan fingerprint density at radius 1 is 1.15 bits per heavy atom. The number of amidine groups is 1. The van der Waals surface area contributed by atoms with E-state index in [0.717, 1.165) is 11.1 Å². The molecule has 0 aromatic heterocycles. The molecule has 180 valence electrons. The lowest BCUT2D eigenvalue weighted by molar-refractivity contribution is -0.142. The number of hydrogen-bond acceptors (Lipinski definition) is 6. The highest BCUT2D eigenvalue weighted by molar-refractivity contribution is 6.01. The van der Waals surface area contributed by atoms with Gasteiger partial charge < -0.3 is 25.8 Å². The molecule has 2 aromatic carbocycles. The molecular formula is C23H30Cl2N4O4. The summed E-state index contributed by atoms with van der Waals surface area (Å²) in [6, 6.07) is 14.9. The molecule has 2 aromatic rings. The first-order chi connectivity index (χ1) is 14.9. The number of nitrogen functional groups attached to an aromatic ring is 1. The van der Waals surface area contributed by atoms with Crippen LogP contribution in [-0.4, -0.2) is 55.5 Å². The predicted molar refractivity (Wildman–Crippen MR) is 132 cm³/mol. The third-order valence-electron chi connectivity index (χ3n) is 5.49. The number of methoxy groups -OCH3 is 1. The van der Waals surface area contributed by atoms with Gasteiger partial charge in [-0.3, -0.25) is 15.0 Å². The molecular weight excluding hydrogens is 467 g/mol. The number of esters is 1. The Labute approximate surface area is 205 Å². The van der Waals surface area contributed by atoms with E-state index in [1.165, 1.54) is 7.11 Å². The van der Waals surface area contributed by atoms with Crippen molar-refractivity contribution >= 4 is 42.5 Å². The fourth-order valence-electron chi connectivity index (χ4n) is 3.96. The third kappa shape index (κ3) is 7.08. The van der Waals surface area contributed by atoms with E-state index in [0.29, 0.717) is 24.3 Å². The minimum absolute atomic E-state index is 0. The van der Waals surface area contributed by atoms with Gasteiger partial charge in [0.1, 0.15) is 18.2 Å². The number of carbonyl (C=O) groups excluding carboxylic acids is 2. The van der Waals surface area contributed by atoms with Crippen LogP contribution in [0, 0.1) is 11.3 Å². The Kier molecular flexibility index (Phi) is 11.1. The standard InChI is InChI=1S/C23H28N4O4.2ClH/c1-30-22(29)10-15-9-17(27(13-15)21(28)12-24)14-31-18-7-8-19(20(11-18)23(25)26)16-5-3-2-4-6-16;;/h2-8,11,15,17H,9-10,12-14,24H2,1H3,(H3,25,26);2*1H/t15-,17-;;/m0../s1. The molecule has 0 radical (unpaired) electrons. The van der Waals surface area contributed by atoms with Crippen molar-refractivity contribution in [2.75, 3.05) is 26.8 Å². The van der Waals surface area contributed by atoms with Crippen LogP contribution in [0.3, 0.4) is 0 Å². The zero-order valence-corrected chi connectivity index (χ0v) is 20.0. The van der Waals surface area contributed by atoms with Crippen LogP contribution in [0.4, 0.5) is 0 Å². The van der Waals surface area contributed by atoms with Crippen molar-refractivity contribution in [1.82, 2.24) is 4.90 Å². The van der Waals surface area contributed by atoms with E-state index in [2.05, 4.69) is 0 Å². The number of amides is 1. The SMILES string of the molecule is COC(=O)C[C@@H]1C[C@@H](COc2ccc(-c3ccccc3)c(C(=N)N)c2)N(C(=O)CN)C1.Cl.Cl. The third-order valence-corrected chi connectivity index (χ3v) is 5.49. The minimum Gasteiger partial charge on any atom is -0.491 e. The van der Waals surface area contributed by atoms with Crippen LogP contribution in [0.15, 0.2) is 48.5 Å². The van der Waals surface area contributed by atoms with Crippen LogP contribution >= 0.6 is 24.8 Å². The van der Waals surface area contributed by atoms with Crippen LogP contribution in [-0.2, 0) is 14.3 Å². The molecule has 1 saturated heterocycles. The van der Waals surface area contributed by atoms with Crippen molar-refractivity contribution in [3.8, 4) is 16.9 Å². The zero-order valence-electron chi connectivity index (χ0n) is 18.4. The molecule has 1 fully saturated rings. The van der Waals surface area contributed by atoms with E-state index in [9.17, 15) is 9.59 Å². The fourth-order valence-corrected chi connectivity index (χ4v) is 3.96. The number of benzene rings is 2. The maximum Gasteiger partial charge on any atom is 0.305 e. The smallest absolute Gasteiger partial charge is 0.305 e. The summed E-state index contributed by atoms with van der Waals surface area (Å²) >= 11 is 0. The molecule has 3 rings (SSSR count). The highest BCUT2D eigenvalue weighted by Crippen LogP contribution is 2.29. The van der Waals surface area contributed by atoms with Gasteiger partial charge in [-0.15, -0.1) is 24.8 Å². The van der Waals surface area contributed by atoms with Crippen LogP contribution in [0.5, 0.6) is 5.75 Å². The lowest BCUT2D eigenvalue weighted by Crippen LogP contribution is -2.42. The highest BCUT2D eigenvalue weighted by atomic mass is 35.5. The number of nitrogens with two attached hydrogens (primary N) is 2. The molecule has 8 nitrogen and oxygen atoms in total. The second kappa shape index (κ2) is 13.0. The number of rotatable bonds is 8. The number of halogens is 2. The first-order valence-electron chi connectivity index (χ1n) is 10.2. The number of nitrogens with one attached hydrogen (secondary N) is 1. The second-order valence-corrected chi connectivity index (χ2v) is 7.58. The fraction of sp³-hybridized carbons (Fsp3) is 0.348. The number of nitrogens with zero attached hydrogens (tertiary/aromatic N) is 1. The van der Waals surface area contributed by atoms with E-state index in [4.69, 9.17) is 26.4 Å².